The summed E-state index contributed by atoms with van der Waals surface area (Å²) >= 11 is 12.1. The lowest BCUT2D eigenvalue weighted by Gasteiger charge is -2.20. The van der Waals surface area contributed by atoms with Gasteiger partial charge in [-0.25, -0.2) is 9.98 Å². The van der Waals surface area contributed by atoms with Crippen LogP contribution in [0.1, 0.15) is 47.9 Å². The second-order valence-electron chi connectivity index (χ2n) is 11.8. The number of carbonyl (C=O) groups is 2. The Labute approximate surface area is 302 Å². The molecular formula is C40H36Cl2N4O4. The van der Waals surface area contributed by atoms with Crippen LogP contribution >= 0.6 is 23.2 Å². The molecule has 2 amide bonds. The van der Waals surface area contributed by atoms with Crippen molar-refractivity contribution in [3.63, 3.8) is 0 Å². The van der Waals surface area contributed by atoms with Crippen LogP contribution in [0.25, 0.3) is 12.2 Å². The number of methoxy groups -OCH3 is 2. The Morgan fingerprint density at radius 2 is 0.900 bits per heavy atom. The predicted octanol–water partition coefficient (Wildman–Crippen LogP) is 8.53. The third-order valence-electron chi connectivity index (χ3n) is 8.45. The summed E-state index contributed by atoms with van der Waals surface area (Å²) in [5.74, 6) is 2.39. The van der Waals surface area contributed by atoms with Crippen molar-refractivity contribution in [2.45, 2.75) is 25.7 Å². The van der Waals surface area contributed by atoms with Gasteiger partial charge in [0.15, 0.2) is 0 Å². The summed E-state index contributed by atoms with van der Waals surface area (Å²) < 4.78 is 10.7. The van der Waals surface area contributed by atoms with E-state index in [1.807, 2.05) is 72.8 Å². The van der Waals surface area contributed by atoms with Crippen molar-refractivity contribution >= 4 is 58.8 Å². The van der Waals surface area contributed by atoms with Crippen molar-refractivity contribution in [2.75, 3.05) is 27.3 Å². The van der Waals surface area contributed by atoms with Gasteiger partial charge in [-0.1, -0.05) is 60.3 Å². The van der Waals surface area contributed by atoms with Crippen LogP contribution in [0.15, 0.2) is 118 Å². The van der Waals surface area contributed by atoms with Gasteiger partial charge in [-0.15, -0.1) is 0 Å². The Morgan fingerprint density at radius 1 is 0.540 bits per heavy atom. The Kier molecular flexibility index (Phi) is 11.1. The highest BCUT2D eigenvalue weighted by molar-refractivity contribution is 6.31. The highest BCUT2D eigenvalue weighted by Crippen LogP contribution is 2.27. The molecule has 254 valence electrons. The van der Waals surface area contributed by atoms with Crippen molar-refractivity contribution in [1.82, 2.24) is 9.80 Å². The van der Waals surface area contributed by atoms with E-state index in [-0.39, 0.29) is 11.8 Å². The fourth-order valence-corrected chi connectivity index (χ4v) is 6.02. The molecule has 0 atom stereocenters. The molecule has 8 nitrogen and oxygen atoms in total. The minimum Gasteiger partial charge on any atom is -0.497 e. The molecule has 0 saturated carbocycles. The van der Waals surface area contributed by atoms with Gasteiger partial charge in [0, 0.05) is 34.3 Å². The molecule has 6 rings (SSSR count). The fourth-order valence-electron chi connectivity index (χ4n) is 5.76. The van der Waals surface area contributed by atoms with Crippen LogP contribution in [0.4, 0.5) is 0 Å². The lowest BCUT2D eigenvalue weighted by atomic mass is 10.1. The molecule has 4 aromatic rings. The quantitative estimate of drug-likeness (QED) is 0.103. The average Bonchev–Trinajstić information content (AvgIpc) is 3.62. The lowest BCUT2D eigenvalue weighted by molar-refractivity contribution is -0.123. The lowest BCUT2D eigenvalue weighted by Crippen LogP contribution is -2.34. The molecule has 4 aromatic carbocycles. The molecule has 2 aliphatic rings. The van der Waals surface area contributed by atoms with Crippen LogP contribution in [0, 0.1) is 0 Å². The highest BCUT2D eigenvalue weighted by Gasteiger charge is 2.32. The van der Waals surface area contributed by atoms with E-state index in [2.05, 4.69) is 0 Å². The van der Waals surface area contributed by atoms with Crippen LogP contribution in [0.3, 0.4) is 0 Å². The Hall–Kier alpha value is -5.18. The standard InChI is InChI=1S/C40H36Cl2N4O4/c1-49-33-19-11-29(12-20-33)37-43-35(25-27-7-15-31(41)16-8-27)39(47)45(37)23-5-3-4-6-24-46-38(30-13-21-34(50-2)22-14-30)44-36(40(46)48)26-28-9-17-32(42)18-10-28/h7-22,25-26H,3-6,23-24H2,1-2H3/b35-25-,36-26+. The molecular weight excluding hydrogens is 671 g/mol. The van der Waals surface area contributed by atoms with Crippen molar-refractivity contribution in [2.24, 2.45) is 9.98 Å². The summed E-state index contributed by atoms with van der Waals surface area (Å²) in [5, 5.41) is 1.25. The molecule has 2 heterocycles. The molecule has 0 saturated heterocycles. The minimum atomic E-state index is -0.145. The smallest absolute Gasteiger partial charge is 0.278 e. The number of amides is 2. The van der Waals surface area contributed by atoms with Gasteiger partial charge in [-0.2, -0.15) is 0 Å². The minimum absolute atomic E-state index is 0.145. The van der Waals surface area contributed by atoms with E-state index < -0.39 is 0 Å². The summed E-state index contributed by atoms with van der Waals surface area (Å²) in [6.07, 6.45) is 6.83. The third-order valence-corrected chi connectivity index (χ3v) is 8.95. The van der Waals surface area contributed by atoms with Crippen LogP contribution in [-0.4, -0.2) is 60.6 Å². The maximum Gasteiger partial charge on any atom is 0.278 e. The van der Waals surface area contributed by atoms with E-state index in [4.69, 9.17) is 42.7 Å². The number of nitrogens with zero attached hydrogens (tertiary/aromatic N) is 4. The first kappa shape index (κ1) is 34.7. The molecule has 2 aliphatic heterocycles. The fraction of sp³-hybridized carbons (Fsp3) is 0.200. The Bertz CT molecular complexity index is 1820. The van der Waals surface area contributed by atoms with Gasteiger partial charge in [-0.05, 0) is 109 Å². The number of halogens is 2. The van der Waals surface area contributed by atoms with Crippen molar-refractivity contribution in [1.29, 1.82) is 0 Å². The molecule has 0 fully saturated rings. The second kappa shape index (κ2) is 16.0. The van der Waals surface area contributed by atoms with Crippen LogP contribution in [0.2, 0.25) is 10.0 Å². The molecule has 10 heteroatoms. The van der Waals surface area contributed by atoms with Crippen molar-refractivity contribution in [3.05, 3.63) is 141 Å². The molecule has 50 heavy (non-hydrogen) atoms. The SMILES string of the molecule is COc1ccc(C2=N/C(=C\c3ccc(Cl)cc3)C(=O)N2CCCCCCN2C(=O)/C(=C\c3ccc(Cl)cc3)N=C2c2ccc(OC)cc2)cc1. The topological polar surface area (TPSA) is 83.8 Å². The molecule has 0 radical (unpaired) electrons. The zero-order valence-corrected chi connectivity index (χ0v) is 29.3. The third kappa shape index (κ3) is 8.16. The van der Waals surface area contributed by atoms with Gasteiger partial charge in [0.25, 0.3) is 11.8 Å². The van der Waals surface area contributed by atoms with Crippen molar-refractivity contribution < 1.29 is 19.1 Å². The van der Waals surface area contributed by atoms with Gasteiger partial charge in [-0.3, -0.25) is 19.4 Å². The van der Waals surface area contributed by atoms with Crippen LogP contribution < -0.4 is 9.47 Å². The first-order chi connectivity index (χ1) is 24.3. The highest BCUT2D eigenvalue weighted by atomic mass is 35.5. The van der Waals surface area contributed by atoms with Gasteiger partial charge in [0.1, 0.15) is 34.6 Å². The van der Waals surface area contributed by atoms with E-state index in [9.17, 15) is 9.59 Å². The molecule has 0 spiro atoms. The normalized spacial score (nSPS) is 16.0. The number of unbranched alkanes of at least 4 members (excludes halogenated alkanes) is 3. The van der Waals surface area contributed by atoms with E-state index in [1.165, 1.54) is 0 Å². The van der Waals surface area contributed by atoms with Gasteiger partial charge >= 0.3 is 0 Å². The number of benzene rings is 4. The Morgan fingerprint density at radius 3 is 1.24 bits per heavy atom. The first-order valence-electron chi connectivity index (χ1n) is 16.4. The summed E-state index contributed by atoms with van der Waals surface area (Å²) in [4.78, 5) is 40.3. The molecule has 0 aromatic heterocycles. The maximum atomic E-state index is 13.6. The Balaban J connectivity index is 1.11. The number of rotatable bonds is 13. The number of ether oxygens (including phenoxy) is 2. The number of amidine groups is 2. The van der Waals surface area contributed by atoms with E-state index in [0.29, 0.717) is 46.2 Å². The number of carbonyl (C=O) groups excluding carboxylic acids is 2. The molecule has 0 bridgehead atoms. The summed E-state index contributed by atoms with van der Waals surface area (Å²) in [7, 11) is 3.24. The summed E-state index contributed by atoms with van der Waals surface area (Å²) in [6.45, 7) is 1.02. The average molecular weight is 708 g/mol. The van der Waals surface area contributed by atoms with E-state index >= 15 is 0 Å². The molecule has 0 N–H and O–H groups in total. The zero-order chi connectivity index (χ0) is 35.0. The number of hydrogen-bond donors (Lipinski definition) is 0. The van der Waals surface area contributed by atoms with Crippen molar-refractivity contribution in [3.8, 4) is 11.5 Å². The predicted molar refractivity (Wildman–Crippen MR) is 200 cm³/mol. The molecule has 0 aliphatic carbocycles. The monoisotopic (exact) mass is 706 g/mol. The van der Waals surface area contributed by atoms with Gasteiger partial charge in [0.2, 0.25) is 0 Å². The number of aliphatic imine (C=N–C) groups is 2. The second-order valence-corrected chi connectivity index (χ2v) is 12.7. The zero-order valence-electron chi connectivity index (χ0n) is 27.8. The summed E-state index contributed by atoms with van der Waals surface area (Å²) in [5.41, 5.74) is 4.10. The van der Waals surface area contributed by atoms with Gasteiger partial charge < -0.3 is 9.47 Å². The largest absolute Gasteiger partial charge is 0.497 e. The maximum absolute atomic E-state index is 13.6. The van der Waals surface area contributed by atoms with Crippen LogP contribution in [-0.2, 0) is 9.59 Å². The van der Waals surface area contributed by atoms with Crippen LogP contribution in [0.5, 0.6) is 11.5 Å². The summed E-state index contributed by atoms with van der Waals surface area (Å²) in [6, 6.07) is 29.7. The first-order valence-corrected chi connectivity index (χ1v) is 17.1. The van der Waals surface area contributed by atoms with E-state index in [1.54, 1.807) is 60.4 Å². The van der Waals surface area contributed by atoms with Gasteiger partial charge in [0.05, 0.1) is 14.2 Å². The molecule has 0 unspecified atom stereocenters. The van der Waals surface area contributed by atoms with E-state index in [0.717, 1.165) is 59.4 Å². The number of hydrogen-bond acceptors (Lipinski definition) is 6.